The van der Waals surface area contributed by atoms with E-state index in [1.54, 1.807) is 6.07 Å². The summed E-state index contributed by atoms with van der Waals surface area (Å²) in [6, 6.07) is 4.34. The normalized spacial score (nSPS) is 15.7. The molecule has 0 amide bonds. The number of alkyl halides is 3. The SMILES string of the molecule is COc1cc(OC(=O)C(F)(F)F)cc(N2CCNCC2)c1. The first-order valence-corrected chi connectivity index (χ1v) is 6.34. The molecule has 1 N–H and O–H groups in total. The van der Waals surface area contributed by atoms with Gasteiger partial charge in [-0.25, -0.2) is 4.79 Å². The lowest BCUT2D eigenvalue weighted by Crippen LogP contribution is -2.43. The van der Waals surface area contributed by atoms with Crippen molar-refractivity contribution in [3.8, 4) is 11.5 Å². The third kappa shape index (κ3) is 4.01. The van der Waals surface area contributed by atoms with Crippen LogP contribution >= 0.6 is 0 Å². The highest BCUT2D eigenvalue weighted by molar-refractivity contribution is 5.78. The first-order valence-electron chi connectivity index (χ1n) is 6.34. The van der Waals surface area contributed by atoms with E-state index in [0.717, 1.165) is 13.1 Å². The molecule has 0 unspecified atom stereocenters. The average molecular weight is 304 g/mol. The zero-order valence-corrected chi connectivity index (χ0v) is 11.4. The van der Waals surface area contributed by atoms with Crippen molar-refractivity contribution in [2.75, 3.05) is 38.2 Å². The first-order chi connectivity index (χ1) is 9.90. The molecular formula is C13H15F3N2O3. The number of hydrogen-bond donors (Lipinski definition) is 1. The van der Waals surface area contributed by atoms with Crippen LogP contribution in [-0.2, 0) is 4.79 Å². The van der Waals surface area contributed by atoms with Gasteiger partial charge in [0.1, 0.15) is 11.5 Å². The van der Waals surface area contributed by atoms with Gasteiger partial charge in [-0.15, -0.1) is 0 Å². The van der Waals surface area contributed by atoms with Gasteiger partial charge in [0.25, 0.3) is 0 Å². The molecule has 116 valence electrons. The fraction of sp³-hybridized carbons (Fsp3) is 0.462. The summed E-state index contributed by atoms with van der Waals surface area (Å²) in [5, 5.41) is 3.17. The Balaban J connectivity index is 2.23. The summed E-state index contributed by atoms with van der Waals surface area (Å²) in [7, 11) is 1.40. The fourth-order valence-electron chi connectivity index (χ4n) is 2.00. The Morgan fingerprint density at radius 1 is 1.19 bits per heavy atom. The zero-order valence-electron chi connectivity index (χ0n) is 11.4. The minimum absolute atomic E-state index is 0.190. The summed E-state index contributed by atoms with van der Waals surface area (Å²) in [6.07, 6.45) is -5.03. The predicted molar refractivity (Wildman–Crippen MR) is 69.8 cm³/mol. The van der Waals surface area contributed by atoms with E-state index in [9.17, 15) is 18.0 Å². The van der Waals surface area contributed by atoms with Crippen molar-refractivity contribution in [3.63, 3.8) is 0 Å². The van der Waals surface area contributed by atoms with Gasteiger partial charge in [-0.3, -0.25) is 0 Å². The van der Waals surface area contributed by atoms with Crippen molar-refractivity contribution < 1.29 is 27.4 Å². The lowest BCUT2D eigenvalue weighted by Gasteiger charge is -2.29. The minimum Gasteiger partial charge on any atom is -0.497 e. The largest absolute Gasteiger partial charge is 0.497 e. The predicted octanol–water partition coefficient (Wildman–Crippen LogP) is 1.57. The van der Waals surface area contributed by atoms with Crippen LogP contribution in [0.2, 0.25) is 0 Å². The standard InChI is InChI=1S/C13H15F3N2O3/c1-20-10-6-9(18-4-2-17-3-5-18)7-11(8-10)21-12(19)13(14,15)16/h6-8,17H,2-5H2,1H3. The van der Waals surface area contributed by atoms with Crippen molar-refractivity contribution in [2.24, 2.45) is 0 Å². The lowest BCUT2D eigenvalue weighted by molar-refractivity contribution is -0.189. The Kier molecular flexibility index (Phi) is 4.56. The van der Waals surface area contributed by atoms with E-state index in [-0.39, 0.29) is 5.75 Å². The van der Waals surface area contributed by atoms with Gasteiger partial charge in [0.05, 0.1) is 7.11 Å². The van der Waals surface area contributed by atoms with Gasteiger partial charge >= 0.3 is 12.1 Å². The number of carbonyl (C=O) groups is 1. The van der Waals surface area contributed by atoms with Gasteiger partial charge in [-0.1, -0.05) is 0 Å². The van der Waals surface area contributed by atoms with Crippen LogP contribution < -0.4 is 19.7 Å². The lowest BCUT2D eigenvalue weighted by atomic mass is 10.2. The molecule has 0 atom stereocenters. The quantitative estimate of drug-likeness (QED) is 0.678. The van der Waals surface area contributed by atoms with Gasteiger partial charge in [-0.2, -0.15) is 13.2 Å². The molecule has 2 rings (SSSR count). The molecule has 1 heterocycles. The molecule has 0 saturated carbocycles. The van der Waals surface area contributed by atoms with Gasteiger partial charge < -0.3 is 19.7 Å². The Morgan fingerprint density at radius 2 is 1.81 bits per heavy atom. The molecule has 0 aromatic heterocycles. The molecule has 21 heavy (non-hydrogen) atoms. The number of hydrogen-bond acceptors (Lipinski definition) is 5. The number of nitrogens with zero attached hydrogens (tertiary/aromatic N) is 1. The summed E-state index contributed by atoms with van der Waals surface area (Å²) in [4.78, 5) is 12.9. The van der Waals surface area contributed by atoms with Crippen LogP contribution in [-0.4, -0.2) is 45.4 Å². The summed E-state index contributed by atoms with van der Waals surface area (Å²) < 4.78 is 46.1. The van der Waals surface area contributed by atoms with Crippen LogP contribution in [0.15, 0.2) is 18.2 Å². The number of nitrogens with one attached hydrogen (secondary N) is 1. The Labute approximate surface area is 119 Å². The number of anilines is 1. The average Bonchev–Trinajstić information content (AvgIpc) is 2.46. The molecular weight excluding hydrogens is 289 g/mol. The molecule has 0 spiro atoms. The van der Waals surface area contributed by atoms with E-state index in [4.69, 9.17) is 4.74 Å². The molecule has 1 aliphatic rings. The van der Waals surface area contributed by atoms with Crippen LogP contribution in [0.5, 0.6) is 11.5 Å². The second-order valence-corrected chi connectivity index (χ2v) is 4.49. The molecule has 1 aliphatic heterocycles. The summed E-state index contributed by atoms with van der Waals surface area (Å²) in [5.41, 5.74) is 0.654. The minimum atomic E-state index is -5.03. The molecule has 1 aromatic rings. The highest BCUT2D eigenvalue weighted by Crippen LogP contribution is 2.30. The van der Waals surface area contributed by atoms with Crippen molar-refractivity contribution >= 4 is 11.7 Å². The van der Waals surface area contributed by atoms with E-state index in [1.807, 2.05) is 4.90 Å². The summed E-state index contributed by atoms with van der Waals surface area (Å²) in [6.45, 7) is 2.96. The van der Waals surface area contributed by atoms with Crippen molar-refractivity contribution in [1.82, 2.24) is 5.32 Å². The number of ether oxygens (including phenoxy) is 2. The maximum Gasteiger partial charge on any atom is 0.491 e. The molecule has 8 heteroatoms. The van der Waals surface area contributed by atoms with E-state index in [0.29, 0.717) is 24.5 Å². The molecule has 1 saturated heterocycles. The van der Waals surface area contributed by atoms with Crippen molar-refractivity contribution in [2.45, 2.75) is 6.18 Å². The van der Waals surface area contributed by atoms with E-state index in [2.05, 4.69) is 10.1 Å². The Morgan fingerprint density at radius 3 is 2.38 bits per heavy atom. The second kappa shape index (κ2) is 6.21. The zero-order chi connectivity index (χ0) is 15.5. The van der Waals surface area contributed by atoms with Crippen LogP contribution in [0.1, 0.15) is 0 Å². The maximum atomic E-state index is 12.2. The number of methoxy groups -OCH3 is 1. The molecule has 0 bridgehead atoms. The van der Waals surface area contributed by atoms with Gasteiger partial charge in [0.15, 0.2) is 0 Å². The van der Waals surface area contributed by atoms with Crippen LogP contribution in [0.25, 0.3) is 0 Å². The highest BCUT2D eigenvalue weighted by atomic mass is 19.4. The number of esters is 1. The number of rotatable bonds is 3. The Hall–Kier alpha value is -1.96. The van der Waals surface area contributed by atoms with Crippen molar-refractivity contribution in [1.29, 1.82) is 0 Å². The first kappa shape index (κ1) is 15.4. The molecule has 1 fully saturated rings. The molecule has 0 aliphatic carbocycles. The monoisotopic (exact) mass is 304 g/mol. The number of piperazine rings is 1. The van der Waals surface area contributed by atoms with Crippen molar-refractivity contribution in [3.05, 3.63) is 18.2 Å². The van der Waals surface area contributed by atoms with E-state index >= 15 is 0 Å². The summed E-state index contributed by atoms with van der Waals surface area (Å²) >= 11 is 0. The number of carbonyl (C=O) groups excluding carboxylic acids is 1. The van der Waals surface area contributed by atoms with Crippen LogP contribution in [0, 0.1) is 0 Å². The number of benzene rings is 1. The molecule has 1 aromatic carbocycles. The number of halogens is 3. The van der Waals surface area contributed by atoms with Crippen LogP contribution in [0.3, 0.4) is 0 Å². The third-order valence-electron chi connectivity index (χ3n) is 3.02. The fourth-order valence-corrected chi connectivity index (χ4v) is 2.00. The molecule has 5 nitrogen and oxygen atoms in total. The third-order valence-corrected chi connectivity index (χ3v) is 3.02. The molecule has 0 radical (unpaired) electrons. The van der Waals surface area contributed by atoms with Crippen LogP contribution in [0.4, 0.5) is 18.9 Å². The smallest absolute Gasteiger partial charge is 0.491 e. The van der Waals surface area contributed by atoms with Gasteiger partial charge in [-0.05, 0) is 0 Å². The topological polar surface area (TPSA) is 50.8 Å². The Bertz CT molecular complexity index is 514. The van der Waals surface area contributed by atoms with E-state index < -0.39 is 12.1 Å². The maximum absolute atomic E-state index is 12.2. The second-order valence-electron chi connectivity index (χ2n) is 4.49. The van der Waals surface area contributed by atoms with Gasteiger partial charge in [0, 0.05) is 50.1 Å². The summed E-state index contributed by atoms with van der Waals surface area (Å²) in [5.74, 6) is -2.11. The van der Waals surface area contributed by atoms with Gasteiger partial charge in [0.2, 0.25) is 0 Å². The van der Waals surface area contributed by atoms with E-state index in [1.165, 1.54) is 19.2 Å². The highest BCUT2D eigenvalue weighted by Gasteiger charge is 2.41.